The number of amides is 2. The summed E-state index contributed by atoms with van der Waals surface area (Å²) in [5, 5.41) is 3.50. The molecule has 0 unspecified atom stereocenters. The van der Waals surface area contributed by atoms with E-state index in [1.807, 2.05) is 39.0 Å². The second-order valence-corrected chi connectivity index (χ2v) is 7.40. The van der Waals surface area contributed by atoms with E-state index < -0.39 is 17.7 Å². The first kappa shape index (κ1) is 18.6. The highest BCUT2D eigenvalue weighted by atomic mass is 35.5. The van der Waals surface area contributed by atoms with Gasteiger partial charge < -0.3 is 10.1 Å². The van der Waals surface area contributed by atoms with Crippen LogP contribution < -0.4 is 5.32 Å². The molecule has 2 rings (SSSR count). The largest absolute Gasteiger partial charge is 0.444 e. The average Bonchev–Trinajstić information content (AvgIpc) is 2.52. The van der Waals surface area contributed by atoms with Crippen LogP contribution in [0.25, 0.3) is 0 Å². The third-order valence-electron chi connectivity index (χ3n) is 3.84. The average molecular weight is 353 g/mol. The fourth-order valence-corrected chi connectivity index (χ4v) is 2.89. The van der Waals surface area contributed by atoms with Gasteiger partial charge in [0.15, 0.2) is 0 Å². The van der Waals surface area contributed by atoms with Crippen molar-refractivity contribution in [2.45, 2.75) is 58.2 Å². The molecule has 0 aliphatic carbocycles. The fraction of sp³-hybridized carbons (Fsp3) is 0.556. The summed E-state index contributed by atoms with van der Waals surface area (Å²) in [6.45, 7) is 6.35. The van der Waals surface area contributed by atoms with Crippen LogP contribution in [0.5, 0.6) is 0 Å². The Hall–Kier alpha value is -1.75. The van der Waals surface area contributed by atoms with Gasteiger partial charge in [-0.3, -0.25) is 9.69 Å². The second-order valence-electron chi connectivity index (χ2n) is 6.99. The predicted molar refractivity (Wildman–Crippen MR) is 93.9 cm³/mol. The third-order valence-corrected chi connectivity index (χ3v) is 4.21. The lowest BCUT2D eigenvalue weighted by atomic mass is 10.0. The van der Waals surface area contributed by atoms with E-state index in [0.717, 1.165) is 18.4 Å². The molecule has 0 spiro atoms. The Morgan fingerprint density at radius 1 is 1.29 bits per heavy atom. The quantitative estimate of drug-likeness (QED) is 0.901. The van der Waals surface area contributed by atoms with Gasteiger partial charge in [0.2, 0.25) is 5.91 Å². The maximum absolute atomic E-state index is 12.6. The number of hydrogen-bond donors (Lipinski definition) is 1. The Balaban J connectivity index is 2.00. The van der Waals surface area contributed by atoms with Crippen molar-refractivity contribution in [3.05, 3.63) is 34.9 Å². The minimum absolute atomic E-state index is 0.166. The Bertz CT molecular complexity index is 598. The zero-order valence-electron chi connectivity index (χ0n) is 14.5. The summed E-state index contributed by atoms with van der Waals surface area (Å²) < 4.78 is 5.43. The van der Waals surface area contributed by atoms with E-state index in [1.54, 1.807) is 6.07 Å². The van der Waals surface area contributed by atoms with Crippen molar-refractivity contribution in [1.82, 2.24) is 10.2 Å². The van der Waals surface area contributed by atoms with Crippen molar-refractivity contribution in [2.75, 3.05) is 6.54 Å². The van der Waals surface area contributed by atoms with Crippen molar-refractivity contribution in [3.63, 3.8) is 0 Å². The zero-order valence-corrected chi connectivity index (χ0v) is 15.2. The number of ether oxygens (including phenoxy) is 1. The summed E-state index contributed by atoms with van der Waals surface area (Å²) in [5.41, 5.74) is 0.278. The van der Waals surface area contributed by atoms with E-state index in [2.05, 4.69) is 5.32 Å². The van der Waals surface area contributed by atoms with Crippen LogP contribution in [0.1, 0.15) is 45.6 Å². The maximum Gasteiger partial charge on any atom is 0.410 e. The van der Waals surface area contributed by atoms with Gasteiger partial charge in [-0.25, -0.2) is 4.79 Å². The standard InChI is InChI=1S/C18H25ClN2O3/c1-18(2,3)24-17(23)21-11-7-6-10-15(21)16(22)20-12-13-8-4-5-9-14(13)19/h4-5,8-9,15H,6-7,10-12H2,1-3H3,(H,20,22)/t15-/m0/s1. The molecule has 1 aromatic carbocycles. The van der Waals surface area contributed by atoms with E-state index in [4.69, 9.17) is 16.3 Å². The van der Waals surface area contributed by atoms with Crippen molar-refractivity contribution >= 4 is 23.6 Å². The molecule has 1 saturated heterocycles. The highest BCUT2D eigenvalue weighted by Gasteiger charge is 2.34. The van der Waals surface area contributed by atoms with Gasteiger partial charge >= 0.3 is 6.09 Å². The molecule has 1 aromatic rings. The number of likely N-dealkylation sites (tertiary alicyclic amines) is 1. The third kappa shape index (κ3) is 5.13. The maximum atomic E-state index is 12.6. The molecule has 1 heterocycles. The van der Waals surface area contributed by atoms with Crippen LogP contribution in [-0.2, 0) is 16.1 Å². The number of rotatable bonds is 3. The summed E-state index contributed by atoms with van der Waals surface area (Å²) in [5.74, 6) is -0.166. The number of carbonyl (C=O) groups is 2. The SMILES string of the molecule is CC(C)(C)OC(=O)N1CCCC[C@H]1C(=O)NCc1ccccc1Cl. The summed E-state index contributed by atoms with van der Waals surface area (Å²) in [6, 6.07) is 6.89. The van der Waals surface area contributed by atoms with Gasteiger partial charge in [0.1, 0.15) is 11.6 Å². The van der Waals surface area contributed by atoms with Gasteiger partial charge in [-0.05, 0) is 51.7 Å². The first-order valence-corrected chi connectivity index (χ1v) is 8.66. The van der Waals surface area contributed by atoms with Gasteiger partial charge in [0.25, 0.3) is 0 Å². The van der Waals surface area contributed by atoms with Gasteiger partial charge in [0.05, 0.1) is 0 Å². The molecule has 132 valence electrons. The Kier molecular flexibility index (Phi) is 6.10. The van der Waals surface area contributed by atoms with E-state index in [9.17, 15) is 9.59 Å². The van der Waals surface area contributed by atoms with Crippen molar-refractivity contribution in [3.8, 4) is 0 Å². The van der Waals surface area contributed by atoms with Crippen molar-refractivity contribution in [2.24, 2.45) is 0 Å². The zero-order chi connectivity index (χ0) is 17.7. The molecule has 2 amide bonds. The second kappa shape index (κ2) is 7.88. The predicted octanol–water partition coefficient (Wildman–Crippen LogP) is 3.75. The molecule has 1 fully saturated rings. The lowest BCUT2D eigenvalue weighted by Crippen LogP contribution is -2.53. The minimum Gasteiger partial charge on any atom is -0.444 e. The Morgan fingerprint density at radius 2 is 2.00 bits per heavy atom. The van der Waals surface area contributed by atoms with Gasteiger partial charge in [-0.2, -0.15) is 0 Å². The van der Waals surface area contributed by atoms with Gasteiger partial charge in [0, 0.05) is 18.1 Å². The number of piperidine rings is 1. The van der Waals surface area contributed by atoms with Gasteiger partial charge in [-0.1, -0.05) is 29.8 Å². The van der Waals surface area contributed by atoms with Crippen LogP contribution in [0, 0.1) is 0 Å². The first-order valence-electron chi connectivity index (χ1n) is 8.28. The Labute approximate surface area is 148 Å². The topological polar surface area (TPSA) is 58.6 Å². The Morgan fingerprint density at radius 3 is 2.67 bits per heavy atom. The van der Waals surface area contributed by atoms with Crippen LogP contribution in [0.2, 0.25) is 5.02 Å². The molecule has 1 N–H and O–H groups in total. The number of hydrogen-bond acceptors (Lipinski definition) is 3. The van der Waals surface area contributed by atoms with Crippen LogP contribution in [0.4, 0.5) is 4.79 Å². The van der Waals surface area contributed by atoms with Crippen LogP contribution in [0.3, 0.4) is 0 Å². The molecule has 0 aromatic heterocycles. The molecule has 6 heteroatoms. The highest BCUT2D eigenvalue weighted by Crippen LogP contribution is 2.21. The smallest absolute Gasteiger partial charge is 0.410 e. The summed E-state index contributed by atoms with van der Waals surface area (Å²) in [4.78, 5) is 26.5. The molecule has 0 radical (unpaired) electrons. The van der Waals surface area contributed by atoms with E-state index >= 15 is 0 Å². The van der Waals surface area contributed by atoms with Crippen LogP contribution in [-0.4, -0.2) is 35.1 Å². The summed E-state index contributed by atoms with van der Waals surface area (Å²) >= 11 is 6.11. The minimum atomic E-state index is -0.576. The number of carbonyl (C=O) groups excluding carboxylic acids is 2. The van der Waals surface area contributed by atoms with Gasteiger partial charge in [-0.15, -0.1) is 0 Å². The lowest BCUT2D eigenvalue weighted by molar-refractivity contribution is -0.127. The molecular formula is C18H25ClN2O3. The van der Waals surface area contributed by atoms with E-state index in [-0.39, 0.29) is 5.91 Å². The van der Waals surface area contributed by atoms with E-state index in [1.165, 1.54) is 4.90 Å². The molecule has 0 bridgehead atoms. The molecule has 1 aliphatic heterocycles. The van der Waals surface area contributed by atoms with Crippen LogP contribution in [0.15, 0.2) is 24.3 Å². The van der Waals surface area contributed by atoms with E-state index in [0.29, 0.717) is 24.5 Å². The number of halogens is 1. The van der Waals surface area contributed by atoms with Crippen molar-refractivity contribution in [1.29, 1.82) is 0 Å². The molecule has 1 aliphatic rings. The molecule has 0 saturated carbocycles. The molecule has 5 nitrogen and oxygen atoms in total. The number of nitrogens with zero attached hydrogens (tertiary/aromatic N) is 1. The molecule has 1 atom stereocenters. The molecule has 24 heavy (non-hydrogen) atoms. The normalized spacial score (nSPS) is 18.2. The fourth-order valence-electron chi connectivity index (χ4n) is 2.69. The first-order chi connectivity index (χ1) is 11.3. The lowest BCUT2D eigenvalue weighted by Gasteiger charge is -2.35. The number of nitrogens with one attached hydrogen (secondary N) is 1. The molecular weight excluding hydrogens is 328 g/mol. The highest BCUT2D eigenvalue weighted by molar-refractivity contribution is 6.31. The monoisotopic (exact) mass is 352 g/mol. The number of benzene rings is 1. The van der Waals surface area contributed by atoms with Crippen LogP contribution >= 0.6 is 11.6 Å². The summed E-state index contributed by atoms with van der Waals surface area (Å²) in [6.07, 6.45) is 2.02. The van der Waals surface area contributed by atoms with Crippen molar-refractivity contribution < 1.29 is 14.3 Å². The summed E-state index contributed by atoms with van der Waals surface area (Å²) in [7, 11) is 0.